The number of hydrogen-bond donors (Lipinski definition) is 0. The third-order valence-electron chi connectivity index (χ3n) is 3.81. The number of rotatable bonds is 4. The van der Waals surface area contributed by atoms with Crippen molar-refractivity contribution in [2.45, 2.75) is 0 Å². The molecule has 0 aliphatic carbocycles. The number of benzene rings is 3. The molecule has 0 heterocycles. The minimum atomic E-state index is 0.115. The maximum atomic E-state index is 9.36. The zero-order chi connectivity index (χ0) is 19.9. The summed E-state index contributed by atoms with van der Waals surface area (Å²) in [6.07, 6.45) is 0. The first-order chi connectivity index (χ1) is 13.7. The highest BCUT2D eigenvalue weighted by molar-refractivity contribution is 5.58. The zero-order valence-corrected chi connectivity index (χ0v) is 14.4. The van der Waals surface area contributed by atoms with E-state index in [1.807, 2.05) is 24.3 Å². The number of para-hydroxylation sites is 2. The van der Waals surface area contributed by atoms with Gasteiger partial charge < -0.3 is 9.47 Å². The van der Waals surface area contributed by atoms with Crippen molar-refractivity contribution in [1.82, 2.24) is 0 Å². The summed E-state index contributed by atoms with van der Waals surface area (Å²) in [7, 11) is 0. The monoisotopic (exact) mass is 362 g/mol. The summed E-state index contributed by atoms with van der Waals surface area (Å²) < 4.78 is 11.7. The largest absolute Gasteiger partial charge is 0.452 e. The molecule has 0 saturated carbocycles. The lowest BCUT2D eigenvalue weighted by molar-refractivity contribution is 0.417. The van der Waals surface area contributed by atoms with Crippen LogP contribution < -0.4 is 9.47 Å². The van der Waals surface area contributed by atoms with E-state index < -0.39 is 0 Å². The molecule has 3 aromatic rings. The highest BCUT2D eigenvalue weighted by Gasteiger charge is 2.15. The molecule has 0 atom stereocenters. The lowest BCUT2D eigenvalue weighted by atomic mass is 10.1. The molecule has 0 saturated heterocycles. The summed E-state index contributed by atoms with van der Waals surface area (Å²) in [4.78, 5) is 0. The SMILES string of the molecule is N#Cc1cccc(Oc2ccccc2Oc2cccc(C#N)c2C#N)c1C#N. The summed E-state index contributed by atoms with van der Waals surface area (Å²) in [5, 5.41) is 37.0. The molecule has 0 bridgehead atoms. The number of nitrogens with zero attached hydrogens (tertiary/aromatic N) is 4. The third kappa shape index (κ3) is 3.44. The van der Waals surface area contributed by atoms with Crippen molar-refractivity contribution in [3.63, 3.8) is 0 Å². The molecule has 3 rings (SSSR count). The maximum absolute atomic E-state index is 9.36. The molecular weight excluding hydrogens is 352 g/mol. The van der Waals surface area contributed by atoms with Crippen LogP contribution in [-0.2, 0) is 0 Å². The van der Waals surface area contributed by atoms with Crippen LogP contribution in [0.5, 0.6) is 23.0 Å². The van der Waals surface area contributed by atoms with Crippen molar-refractivity contribution in [3.8, 4) is 47.3 Å². The highest BCUT2D eigenvalue weighted by atomic mass is 16.5. The number of nitriles is 4. The topological polar surface area (TPSA) is 114 Å². The van der Waals surface area contributed by atoms with E-state index in [0.717, 1.165) is 0 Å². The summed E-state index contributed by atoms with van der Waals surface area (Å²) >= 11 is 0. The number of ether oxygens (including phenoxy) is 2. The Balaban J connectivity index is 2.02. The van der Waals surface area contributed by atoms with Gasteiger partial charge in [-0.1, -0.05) is 24.3 Å². The average Bonchev–Trinajstić information content (AvgIpc) is 2.74. The van der Waals surface area contributed by atoms with Gasteiger partial charge in [0.05, 0.1) is 11.1 Å². The van der Waals surface area contributed by atoms with Gasteiger partial charge in [0, 0.05) is 0 Å². The third-order valence-corrected chi connectivity index (χ3v) is 3.81. The van der Waals surface area contributed by atoms with E-state index >= 15 is 0 Å². The fraction of sp³-hybridized carbons (Fsp3) is 0. The Morgan fingerprint density at radius 1 is 0.464 bits per heavy atom. The molecule has 28 heavy (non-hydrogen) atoms. The Kier molecular flexibility index (Phi) is 5.19. The van der Waals surface area contributed by atoms with Gasteiger partial charge in [-0.15, -0.1) is 0 Å². The van der Waals surface area contributed by atoms with Crippen molar-refractivity contribution in [3.05, 3.63) is 82.9 Å². The van der Waals surface area contributed by atoms with Gasteiger partial charge in [0.1, 0.15) is 46.9 Å². The van der Waals surface area contributed by atoms with Crippen molar-refractivity contribution >= 4 is 0 Å². The van der Waals surface area contributed by atoms with Crippen molar-refractivity contribution < 1.29 is 9.47 Å². The molecule has 0 amide bonds. The Labute approximate surface area is 161 Å². The molecule has 0 fully saturated rings. The zero-order valence-electron chi connectivity index (χ0n) is 14.4. The van der Waals surface area contributed by atoms with Crippen molar-refractivity contribution in [1.29, 1.82) is 21.0 Å². The van der Waals surface area contributed by atoms with Crippen LogP contribution in [0.2, 0.25) is 0 Å². The van der Waals surface area contributed by atoms with Crippen LogP contribution >= 0.6 is 0 Å². The standard InChI is InChI=1S/C22H10N4O2/c23-11-15-5-3-9-19(17(15)13-25)27-21-7-1-2-8-22(21)28-20-10-4-6-16(12-24)18(20)14-26/h1-10H. The van der Waals surface area contributed by atoms with Crippen LogP contribution in [0.3, 0.4) is 0 Å². The fourth-order valence-electron chi connectivity index (χ4n) is 2.51. The lowest BCUT2D eigenvalue weighted by Crippen LogP contribution is -1.96. The van der Waals surface area contributed by atoms with Crippen LogP contribution in [0.4, 0.5) is 0 Å². The van der Waals surface area contributed by atoms with Crippen molar-refractivity contribution in [2.75, 3.05) is 0 Å². The van der Waals surface area contributed by atoms with E-state index in [9.17, 15) is 10.5 Å². The molecular formula is C22H10N4O2. The second kappa shape index (κ2) is 8.07. The van der Waals surface area contributed by atoms with Gasteiger partial charge >= 0.3 is 0 Å². The van der Waals surface area contributed by atoms with Crippen LogP contribution in [0.25, 0.3) is 0 Å². The van der Waals surface area contributed by atoms with E-state index in [1.54, 1.807) is 48.5 Å². The van der Waals surface area contributed by atoms with E-state index in [4.69, 9.17) is 20.0 Å². The van der Waals surface area contributed by atoms with E-state index in [0.29, 0.717) is 11.5 Å². The smallest absolute Gasteiger partial charge is 0.170 e. The number of hydrogen-bond acceptors (Lipinski definition) is 6. The summed E-state index contributed by atoms with van der Waals surface area (Å²) in [6.45, 7) is 0. The normalized spacial score (nSPS) is 9.29. The first-order valence-electron chi connectivity index (χ1n) is 8.03. The van der Waals surface area contributed by atoms with Gasteiger partial charge in [0.2, 0.25) is 0 Å². The van der Waals surface area contributed by atoms with Gasteiger partial charge in [-0.2, -0.15) is 21.0 Å². The van der Waals surface area contributed by atoms with E-state index in [2.05, 4.69) is 0 Å². The molecule has 6 heteroatoms. The van der Waals surface area contributed by atoms with Crippen LogP contribution in [-0.4, -0.2) is 0 Å². The summed E-state index contributed by atoms with van der Waals surface area (Å²) in [5.74, 6) is 1.01. The Morgan fingerprint density at radius 3 is 1.21 bits per heavy atom. The molecule has 0 aliphatic heterocycles. The van der Waals surface area contributed by atoms with Gasteiger partial charge in [0.25, 0.3) is 0 Å². The molecule has 3 aromatic carbocycles. The highest BCUT2D eigenvalue weighted by Crippen LogP contribution is 2.37. The van der Waals surface area contributed by atoms with Crippen LogP contribution in [0.1, 0.15) is 22.3 Å². The summed E-state index contributed by atoms with van der Waals surface area (Å²) in [5.41, 5.74) is 0.631. The van der Waals surface area contributed by atoms with Gasteiger partial charge in [-0.25, -0.2) is 0 Å². The fourth-order valence-corrected chi connectivity index (χ4v) is 2.51. The van der Waals surface area contributed by atoms with Crippen molar-refractivity contribution in [2.24, 2.45) is 0 Å². The molecule has 0 N–H and O–H groups in total. The predicted octanol–water partition coefficient (Wildman–Crippen LogP) is 4.76. The maximum Gasteiger partial charge on any atom is 0.170 e. The minimum Gasteiger partial charge on any atom is -0.452 e. The minimum absolute atomic E-state index is 0.115. The second-order valence-corrected chi connectivity index (χ2v) is 5.46. The van der Waals surface area contributed by atoms with Gasteiger partial charge in [-0.05, 0) is 36.4 Å². The van der Waals surface area contributed by atoms with Crippen LogP contribution in [0, 0.1) is 45.3 Å². The Hall–Kier alpha value is -4.78. The molecule has 0 spiro atoms. The Bertz CT molecular complexity index is 1120. The molecule has 0 radical (unpaired) electrons. The quantitative estimate of drug-likeness (QED) is 0.661. The van der Waals surface area contributed by atoms with E-state index in [1.165, 1.54) is 12.1 Å². The van der Waals surface area contributed by atoms with Gasteiger partial charge in [0.15, 0.2) is 11.5 Å². The molecule has 0 unspecified atom stereocenters. The van der Waals surface area contributed by atoms with Gasteiger partial charge in [-0.3, -0.25) is 0 Å². The molecule has 0 aromatic heterocycles. The van der Waals surface area contributed by atoms with E-state index in [-0.39, 0.29) is 33.8 Å². The molecule has 130 valence electrons. The first kappa shape index (κ1) is 18.0. The van der Waals surface area contributed by atoms with Crippen LogP contribution in [0.15, 0.2) is 60.7 Å². The molecule has 6 nitrogen and oxygen atoms in total. The Morgan fingerprint density at radius 2 is 0.857 bits per heavy atom. The molecule has 0 aliphatic rings. The lowest BCUT2D eigenvalue weighted by Gasteiger charge is -2.14. The first-order valence-corrected chi connectivity index (χ1v) is 8.03. The predicted molar refractivity (Wildman–Crippen MR) is 98.3 cm³/mol. The second-order valence-electron chi connectivity index (χ2n) is 5.46. The average molecular weight is 362 g/mol. The summed E-state index contributed by atoms with van der Waals surface area (Å²) in [6, 6.07) is 24.0.